The van der Waals surface area contributed by atoms with Crippen molar-refractivity contribution in [2.45, 2.75) is 6.54 Å². The molecule has 1 aromatic heterocycles. The lowest BCUT2D eigenvalue weighted by Gasteiger charge is -2.12. The molecule has 0 amide bonds. The highest BCUT2D eigenvalue weighted by molar-refractivity contribution is 5.63. The number of hydrogen-bond donors (Lipinski definition) is 2. The van der Waals surface area contributed by atoms with Crippen LogP contribution in [0.25, 0.3) is 5.70 Å². The van der Waals surface area contributed by atoms with Crippen LogP contribution in [0.3, 0.4) is 0 Å². The molecule has 0 saturated heterocycles. The maximum Gasteiger partial charge on any atom is 0.118 e. The number of nitrogens with one attached hydrogen (secondary N) is 1. The van der Waals surface area contributed by atoms with Crippen LogP contribution in [0.4, 0.5) is 0 Å². The number of methoxy groups -OCH3 is 1. The van der Waals surface area contributed by atoms with Gasteiger partial charge >= 0.3 is 0 Å². The van der Waals surface area contributed by atoms with Crippen LogP contribution in [-0.2, 0) is 11.4 Å². The van der Waals surface area contributed by atoms with Crippen LogP contribution in [0, 0.1) is 0 Å². The molecule has 6 nitrogen and oxygen atoms in total. The molecule has 1 aromatic carbocycles. The van der Waals surface area contributed by atoms with Gasteiger partial charge in [0, 0.05) is 25.5 Å². The van der Waals surface area contributed by atoms with Crippen LogP contribution < -0.4 is 16.0 Å². The first-order valence-electron chi connectivity index (χ1n) is 6.71. The van der Waals surface area contributed by atoms with Gasteiger partial charge in [0.15, 0.2) is 0 Å². The predicted molar refractivity (Wildman–Crippen MR) is 81.3 cm³/mol. The van der Waals surface area contributed by atoms with Crippen LogP contribution in [0.1, 0.15) is 5.56 Å². The van der Waals surface area contributed by atoms with E-state index in [9.17, 15) is 0 Å². The monoisotopic (exact) mass is 288 g/mol. The van der Waals surface area contributed by atoms with E-state index < -0.39 is 0 Å². The number of benzene rings is 1. The van der Waals surface area contributed by atoms with Crippen LogP contribution in [0.15, 0.2) is 49.1 Å². The third-order valence-corrected chi connectivity index (χ3v) is 2.87. The lowest BCUT2D eigenvalue weighted by atomic mass is 10.1. The Hall–Kier alpha value is -2.31. The van der Waals surface area contributed by atoms with Crippen molar-refractivity contribution in [1.29, 1.82) is 0 Å². The van der Waals surface area contributed by atoms with Gasteiger partial charge < -0.3 is 15.0 Å². The van der Waals surface area contributed by atoms with Gasteiger partial charge in [0.2, 0.25) is 0 Å². The van der Waals surface area contributed by atoms with Gasteiger partial charge in [0.25, 0.3) is 0 Å². The molecule has 0 aliphatic carbocycles. The van der Waals surface area contributed by atoms with Crippen molar-refractivity contribution in [2.75, 3.05) is 20.3 Å². The summed E-state index contributed by atoms with van der Waals surface area (Å²) in [6.45, 7) is 1.60. The molecule has 0 aliphatic rings. The summed E-state index contributed by atoms with van der Waals surface area (Å²) in [5.41, 5.74) is 10.3. The summed E-state index contributed by atoms with van der Waals surface area (Å²) in [7, 11) is 1.65. The molecule has 0 spiro atoms. The number of rotatable bonds is 8. The largest absolute Gasteiger partial charge is 0.497 e. The quantitative estimate of drug-likeness (QED) is 0.567. The number of allylic oxidation sites excluding steroid dienone is 1. The fourth-order valence-corrected chi connectivity index (χ4v) is 1.77. The van der Waals surface area contributed by atoms with Crippen molar-refractivity contribution < 1.29 is 9.57 Å². The molecular weight excluding hydrogens is 268 g/mol. The van der Waals surface area contributed by atoms with Crippen LogP contribution in [-0.4, -0.2) is 29.8 Å². The highest BCUT2D eigenvalue weighted by Gasteiger charge is 2.02. The minimum absolute atomic E-state index is 0.443. The SMILES string of the molecule is COc1ccc(C(=CCn2ccnc2)NOCCN)cc1. The lowest BCUT2D eigenvalue weighted by molar-refractivity contribution is 0.0847. The van der Waals surface area contributed by atoms with Gasteiger partial charge in [-0.05, 0) is 35.9 Å². The van der Waals surface area contributed by atoms with E-state index in [4.69, 9.17) is 15.3 Å². The Labute approximate surface area is 124 Å². The van der Waals surface area contributed by atoms with Crippen LogP contribution >= 0.6 is 0 Å². The van der Waals surface area contributed by atoms with E-state index in [0.717, 1.165) is 17.0 Å². The van der Waals surface area contributed by atoms with E-state index in [1.807, 2.05) is 41.1 Å². The Bertz CT molecular complexity index is 550. The Morgan fingerprint density at radius 3 is 2.81 bits per heavy atom. The van der Waals surface area contributed by atoms with Crippen LogP contribution in [0.2, 0.25) is 0 Å². The van der Waals surface area contributed by atoms with Crippen molar-refractivity contribution in [3.63, 3.8) is 0 Å². The predicted octanol–water partition coefficient (Wildman–Crippen LogP) is 1.41. The summed E-state index contributed by atoms with van der Waals surface area (Å²) in [5.74, 6) is 0.815. The fraction of sp³-hybridized carbons (Fsp3) is 0.267. The molecule has 0 unspecified atom stereocenters. The molecule has 6 heteroatoms. The average Bonchev–Trinajstić information content (AvgIpc) is 3.04. The lowest BCUT2D eigenvalue weighted by Crippen LogP contribution is -2.19. The zero-order valence-electron chi connectivity index (χ0n) is 12.0. The molecule has 0 atom stereocenters. The maximum absolute atomic E-state index is 5.43. The molecular formula is C15H20N4O2. The summed E-state index contributed by atoms with van der Waals surface area (Å²) < 4.78 is 7.13. The minimum Gasteiger partial charge on any atom is -0.497 e. The molecule has 112 valence electrons. The second-order valence-electron chi connectivity index (χ2n) is 4.34. The summed E-state index contributed by atoms with van der Waals surface area (Å²) in [4.78, 5) is 9.35. The van der Waals surface area contributed by atoms with Gasteiger partial charge in [-0.15, -0.1) is 0 Å². The number of hydroxylamine groups is 1. The van der Waals surface area contributed by atoms with Crippen molar-refractivity contribution >= 4 is 5.70 Å². The zero-order valence-corrected chi connectivity index (χ0v) is 12.0. The van der Waals surface area contributed by atoms with Gasteiger partial charge in [-0.3, -0.25) is 10.3 Å². The number of aromatic nitrogens is 2. The number of nitrogens with two attached hydrogens (primary N) is 1. The second-order valence-corrected chi connectivity index (χ2v) is 4.34. The third kappa shape index (κ3) is 4.62. The Kier molecular flexibility index (Phi) is 5.81. The molecule has 0 bridgehead atoms. The second kappa shape index (κ2) is 8.08. The van der Waals surface area contributed by atoms with Gasteiger partial charge in [-0.25, -0.2) is 4.98 Å². The molecule has 21 heavy (non-hydrogen) atoms. The zero-order chi connectivity index (χ0) is 14.9. The third-order valence-electron chi connectivity index (χ3n) is 2.87. The van der Waals surface area contributed by atoms with Gasteiger partial charge in [-0.2, -0.15) is 0 Å². The number of ether oxygens (including phenoxy) is 1. The van der Waals surface area contributed by atoms with Gasteiger partial charge in [0.05, 0.1) is 25.7 Å². The molecule has 0 aliphatic heterocycles. The van der Waals surface area contributed by atoms with Gasteiger partial charge in [0.1, 0.15) is 5.75 Å². The van der Waals surface area contributed by atoms with Gasteiger partial charge in [-0.1, -0.05) is 0 Å². The summed E-state index contributed by atoms with van der Waals surface area (Å²) in [5, 5.41) is 0. The molecule has 3 N–H and O–H groups in total. The number of nitrogens with zero attached hydrogens (tertiary/aromatic N) is 2. The maximum atomic E-state index is 5.43. The minimum atomic E-state index is 0.443. The van der Waals surface area contributed by atoms with E-state index in [2.05, 4.69) is 10.5 Å². The number of hydrogen-bond acceptors (Lipinski definition) is 5. The fourth-order valence-electron chi connectivity index (χ4n) is 1.77. The van der Waals surface area contributed by atoms with Crippen molar-refractivity contribution in [3.05, 3.63) is 54.6 Å². The number of imidazole rings is 1. The highest BCUT2D eigenvalue weighted by atomic mass is 16.6. The van der Waals surface area contributed by atoms with E-state index in [0.29, 0.717) is 19.7 Å². The summed E-state index contributed by atoms with van der Waals surface area (Å²) in [6, 6.07) is 7.75. The first-order valence-corrected chi connectivity index (χ1v) is 6.71. The summed E-state index contributed by atoms with van der Waals surface area (Å²) >= 11 is 0. The Morgan fingerprint density at radius 2 is 2.19 bits per heavy atom. The summed E-state index contributed by atoms with van der Waals surface area (Å²) in [6.07, 6.45) is 7.45. The smallest absolute Gasteiger partial charge is 0.118 e. The molecule has 0 saturated carbocycles. The normalized spacial score (nSPS) is 11.4. The van der Waals surface area contributed by atoms with Crippen molar-refractivity contribution in [1.82, 2.24) is 15.0 Å². The van der Waals surface area contributed by atoms with E-state index >= 15 is 0 Å². The topological polar surface area (TPSA) is 74.3 Å². The molecule has 0 radical (unpaired) electrons. The average molecular weight is 288 g/mol. The Morgan fingerprint density at radius 1 is 1.38 bits per heavy atom. The standard InChI is InChI=1S/C15H20N4O2/c1-20-14-4-2-13(3-5-14)15(18-21-11-7-16)6-9-19-10-8-17-12-19/h2-6,8,10,12,18H,7,9,11,16H2,1H3. The highest BCUT2D eigenvalue weighted by Crippen LogP contribution is 2.17. The first-order chi connectivity index (χ1) is 10.3. The molecule has 2 aromatic rings. The van der Waals surface area contributed by atoms with Crippen molar-refractivity contribution in [3.8, 4) is 5.75 Å². The van der Waals surface area contributed by atoms with E-state index in [1.165, 1.54) is 0 Å². The van der Waals surface area contributed by atoms with E-state index in [1.54, 1.807) is 19.6 Å². The first kappa shape index (κ1) is 15.1. The van der Waals surface area contributed by atoms with E-state index in [-0.39, 0.29) is 0 Å². The molecule has 1 heterocycles. The molecule has 2 rings (SSSR count). The van der Waals surface area contributed by atoms with Crippen LogP contribution in [0.5, 0.6) is 5.75 Å². The molecule has 0 fully saturated rings. The Balaban J connectivity index is 2.11. The van der Waals surface area contributed by atoms with Crippen molar-refractivity contribution in [2.24, 2.45) is 5.73 Å².